The minimum Gasteiger partial charge on any atom is -0.561 e. The Kier molecular flexibility index (Phi) is 27.6. The van der Waals surface area contributed by atoms with Crippen LogP contribution in [0.3, 0.4) is 0 Å². The Morgan fingerprint density at radius 2 is 1.11 bits per heavy atom. The lowest BCUT2D eigenvalue weighted by atomic mass is 9.63. The van der Waals surface area contributed by atoms with Crippen LogP contribution in [0.25, 0.3) is 0 Å². The average Bonchev–Trinajstić information content (AvgIpc) is 1.79. The number of azo groups is 1. The van der Waals surface area contributed by atoms with E-state index >= 15 is 0 Å². The van der Waals surface area contributed by atoms with Crippen LogP contribution in [0.15, 0.2) is 95.7 Å². The zero-order valence-electron chi connectivity index (χ0n) is 61.4. The van der Waals surface area contributed by atoms with Crippen molar-refractivity contribution in [3.63, 3.8) is 0 Å². The van der Waals surface area contributed by atoms with Crippen molar-refractivity contribution < 1.29 is 42.5 Å². The number of allylic oxidation sites excluding steroid dienone is 1. The molecule has 7 aliphatic rings. The maximum atomic E-state index is 10.5. The first-order valence-corrected chi connectivity index (χ1v) is 32.9. The van der Waals surface area contributed by atoms with Crippen LogP contribution in [-0.2, 0) is 64.5 Å². The predicted molar refractivity (Wildman–Crippen MR) is 384 cm³/mol. The Labute approximate surface area is 551 Å². The molecule has 4 aromatic rings. The largest absolute Gasteiger partial charge is 0.561 e. The summed E-state index contributed by atoms with van der Waals surface area (Å²) in [6.45, 7) is 63.4. The molecule has 0 bridgehead atoms. The van der Waals surface area contributed by atoms with Crippen LogP contribution in [0.5, 0.6) is 5.75 Å². The quantitative estimate of drug-likeness (QED) is 0.141. The highest BCUT2D eigenvalue weighted by Crippen LogP contribution is 2.35. The normalized spacial score (nSPS) is 17.6. The standard InChI is InChI=1S/3C12H17BO.C7H14BNO.C7H13BO2.C7H15BO2.C6H11N3.C6H10N2O2/c1-12(2,3)10-5-6-11-9(7-10)8-14-13(11)4;1-12(2,3)10-6-5-9-8-14-13(4)11(9)7-10;1-12(2,3)10-6-5-9-8-13(4)14-11(9)7-10;1-7(2,3)6-9-5-8(4)10-6;1-7(2,3)6-4-5-10-8(6)9;1-7(2,3)6-4-5-8(9)10-6;1-6(2,3)5-7-4-8-9-5;1-6(2,3)4-7-5(9)10-8-4/h3*5-7H,8H2,1-4H3;5H2,1-4H3;4,9H,5H2,1-3H3;6,9H,4-5H2,1-3H3;4H2,1-3H3;1-3H3,(H,7,8,9). The molecule has 498 valence electrons. The highest BCUT2D eigenvalue weighted by Gasteiger charge is 2.36. The molecule has 1 unspecified atom stereocenters. The van der Waals surface area contributed by atoms with E-state index in [1.165, 1.54) is 44.3 Å². The van der Waals surface area contributed by atoms with Crippen molar-refractivity contribution in [1.82, 2.24) is 10.1 Å². The van der Waals surface area contributed by atoms with Crippen molar-refractivity contribution in [3.8, 4) is 5.75 Å². The average molecular weight is 1250 g/mol. The number of rotatable bonds is 0. The molecule has 11 rings (SSSR count). The summed E-state index contributed by atoms with van der Waals surface area (Å²) < 4.78 is 37.0. The summed E-state index contributed by atoms with van der Waals surface area (Å²) in [5, 5.41) is 29.5. The van der Waals surface area contributed by atoms with Crippen molar-refractivity contribution in [2.75, 3.05) is 19.7 Å². The van der Waals surface area contributed by atoms with Gasteiger partial charge in [-0.3, -0.25) is 14.5 Å². The summed E-state index contributed by atoms with van der Waals surface area (Å²) in [5.74, 6) is 2.94. The maximum absolute atomic E-state index is 10.5. The Morgan fingerprint density at radius 3 is 1.49 bits per heavy atom. The van der Waals surface area contributed by atoms with Gasteiger partial charge in [-0.05, 0) is 116 Å². The Balaban J connectivity index is 0.000000223. The number of amidine groups is 1. The molecule has 0 amide bonds. The number of H-pyrrole nitrogens is 1. The fraction of sp³-hybridized carbons (Fsp3) is 0.652. The summed E-state index contributed by atoms with van der Waals surface area (Å²) in [6.07, 6.45) is 5.85. The van der Waals surface area contributed by atoms with Crippen LogP contribution in [0.4, 0.5) is 0 Å². The number of hydrogen-bond donors (Lipinski definition) is 3. The number of nitrogens with zero attached hydrogens (tertiary/aromatic N) is 5. The van der Waals surface area contributed by atoms with Gasteiger partial charge in [-0.25, -0.2) is 9.79 Å². The monoisotopic (exact) mass is 1250 g/mol. The molecule has 22 heteroatoms. The molecular weight excluding hydrogens is 1140 g/mol. The van der Waals surface area contributed by atoms with E-state index in [-0.39, 0.29) is 70.2 Å². The maximum Gasteiger partial charge on any atom is 0.487 e. The smallest absolute Gasteiger partial charge is 0.487 e. The van der Waals surface area contributed by atoms with Crippen LogP contribution in [0.1, 0.15) is 212 Å². The summed E-state index contributed by atoms with van der Waals surface area (Å²) in [5.41, 5.74) is 12.9. The first-order valence-electron chi connectivity index (χ1n) is 32.9. The first kappa shape index (κ1) is 78.5. The Morgan fingerprint density at radius 1 is 0.560 bits per heavy atom. The lowest BCUT2D eigenvalue weighted by Crippen LogP contribution is -2.27. The van der Waals surface area contributed by atoms with Gasteiger partial charge in [0.05, 0.1) is 19.7 Å². The van der Waals surface area contributed by atoms with Gasteiger partial charge in [0.15, 0.2) is 24.2 Å². The lowest BCUT2D eigenvalue weighted by Gasteiger charge is -2.26. The second kappa shape index (κ2) is 32.0. The van der Waals surface area contributed by atoms with E-state index in [1.807, 2.05) is 33.7 Å². The SMILES string of the molecule is CB1CN=C(C(C)(C)C)O1.CB1Cc2ccc(C(C)(C)C)cc2O1.CB1OCc2cc(C(C)(C)C)ccc21.CB1OCc2ccc(C(C)(C)C)cc21.CC(C)(C)C1=CCOB1O.CC(C)(C)C1=NCN=N1.CC(C)(C)C1CCB(O)O1.CC(C)(C)c1noc(=O)[nH]1. The number of nitrogens with one attached hydrogen (secondary N) is 1. The Bertz CT molecular complexity index is 3160. The third-order valence-corrected chi connectivity index (χ3v) is 16.0. The van der Waals surface area contributed by atoms with Crippen LogP contribution in [0, 0.1) is 21.7 Å². The van der Waals surface area contributed by atoms with Crippen LogP contribution in [-0.4, -0.2) is 99.6 Å². The number of hydrogen-bond acceptors (Lipinski definition) is 15. The molecule has 7 aliphatic heterocycles. The molecule has 1 fully saturated rings. The first-order chi connectivity index (χ1) is 41.5. The fourth-order valence-corrected chi connectivity index (χ4v) is 10.1. The van der Waals surface area contributed by atoms with E-state index in [1.54, 1.807) is 0 Å². The summed E-state index contributed by atoms with van der Waals surface area (Å²) >= 11 is 0. The van der Waals surface area contributed by atoms with Crippen LogP contribution in [0.2, 0.25) is 33.6 Å². The van der Waals surface area contributed by atoms with Crippen molar-refractivity contribution in [3.05, 3.63) is 116 Å². The second-order valence-corrected chi connectivity index (χ2v) is 33.2. The molecule has 3 aromatic carbocycles. The fourth-order valence-electron chi connectivity index (χ4n) is 10.1. The van der Waals surface area contributed by atoms with Gasteiger partial charge in [0.25, 0.3) is 0 Å². The topological polar surface area (TPSA) is 204 Å². The number of benzene rings is 3. The third kappa shape index (κ3) is 25.4. The molecule has 91 heavy (non-hydrogen) atoms. The van der Waals surface area contributed by atoms with Crippen LogP contribution < -0.4 is 21.3 Å². The van der Waals surface area contributed by atoms with Crippen molar-refractivity contribution in [2.45, 2.75) is 254 Å². The van der Waals surface area contributed by atoms with Crippen LogP contribution >= 0.6 is 0 Å². The van der Waals surface area contributed by atoms with Gasteiger partial charge in [0, 0.05) is 29.0 Å². The molecule has 0 spiro atoms. The highest BCUT2D eigenvalue weighted by atomic mass is 16.5. The van der Waals surface area contributed by atoms with Crippen molar-refractivity contribution in [2.24, 2.45) is 41.9 Å². The molecule has 0 aliphatic carbocycles. The third-order valence-electron chi connectivity index (χ3n) is 16.0. The van der Waals surface area contributed by atoms with E-state index in [4.69, 9.17) is 33.0 Å². The van der Waals surface area contributed by atoms with Gasteiger partial charge >= 0.3 is 47.7 Å². The summed E-state index contributed by atoms with van der Waals surface area (Å²) in [6, 6.07) is 20.1. The van der Waals surface area contributed by atoms with Gasteiger partial charge in [-0.1, -0.05) is 240 Å². The van der Waals surface area contributed by atoms with Gasteiger partial charge in [-0.15, -0.1) is 5.11 Å². The zero-order chi connectivity index (χ0) is 69.0. The molecule has 8 heterocycles. The second-order valence-electron chi connectivity index (χ2n) is 33.2. The molecule has 3 N–H and O–H groups in total. The molecule has 1 saturated heterocycles. The van der Waals surface area contributed by atoms with E-state index in [0.717, 1.165) is 61.7 Å². The van der Waals surface area contributed by atoms with E-state index in [2.05, 4.69) is 255 Å². The molecule has 1 aromatic heterocycles. The van der Waals surface area contributed by atoms with E-state index in [9.17, 15) is 9.82 Å². The summed E-state index contributed by atoms with van der Waals surface area (Å²) in [7, 11) is -1.18. The number of fused-ring (bicyclic) bond motifs is 3. The number of aliphatic imine (C=N–C) groups is 2. The molecule has 16 nitrogen and oxygen atoms in total. The highest BCUT2D eigenvalue weighted by molar-refractivity contribution is 6.68. The number of aromatic nitrogens is 2. The minimum absolute atomic E-state index is 0.0376. The van der Waals surface area contributed by atoms with Gasteiger partial charge < -0.3 is 38.0 Å². The van der Waals surface area contributed by atoms with Crippen molar-refractivity contribution >= 4 is 64.6 Å². The van der Waals surface area contributed by atoms with Gasteiger partial charge in [0.1, 0.15) is 5.75 Å². The Hall–Kier alpha value is -4.97. The number of aromatic amines is 1. The molecule has 1 atom stereocenters. The van der Waals surface area contributed by atoms with Gasteiger partial charge in [0.2, 0.25) is 0 Å². The molecular formula is C69H114B6N6O10. The van der Waals surface area contributed by atoms with E-state index < -0.39 is 20.0 Å². The lowest BCUT2D eigenvalue weighted by molar-refractivity contribution is 0.0909. The van der Waals surface area contributed by atoms with Crippen molar-refractivity contribution in [1.29, 1.82) is 0 Å². The minimum atomic E-state index is -0.667. The zero-order valence-corrected chi connectivity index (χ0v) is 61.4. The molecule has 0 radical (unpaired) electrons. The summed E-state index contributed by atoms with van der Waals surface area (Å²) in [4.78, 5) is 21.3. The molecule has 0 saturated carbocycles. The van der Waals surface area contributed by atoms with E-state index in [0.29, 0.717) is 26.0 Å². The predicted octanol–water partition coefficient (Wildman–Crippen LogP) is 14.2. The van der Waals surface area contributed by atoms with Gasteiger partial charge in [-0.2, -0.15) is 5.11 Å².